The highest BCUT2D eigenvalue weighted by Gasteiger charge is 2.38. The quantitative estimate of drug-likeness (QED) is 0.369. The van der Waals surface area contributed by atoms with Crippen molar-refractivity contribution in [3.8, 4) is 0 Å². The molecule has 8 unspecified atom stereocenters. The van der Waals surface area contributed by atoms with Gasteiger partial charge in [-0.1, -0.05) is 0 Å². The highest BCUT2D eigenvalue weighted by Crippen LogP contribution is 2.31. The number of nitrogens with zero attached hydrogens (tertiary/aromatic N) is 2. The van der Waals surface area contributed by atoms with Crippen LogP contribution in [0, 0.1) is 0 Å². The van der Waals surface area contributed by atoms with Crippen LogP contribution in [0.1, 0.15) is 39.0 Å². The van der Waals surface area contributed by atoms with Gasteiger partial charge < -0.3 is 9.47 Å². The molecule has 13 heteroatoms. The van der Waals surface area contributed by atoms with Gasteiger partial charge in [0.2, 0.25) is 0 Å². The Bertz CT molecular complexity index is 646. The van der Waals surface area contributed by atoms with Crippen molar-refractivity contribution in [1.29, 1.82) is 0 Å². The Hall–Kier alpha value is 0.0500. The van der Waals surface area contributed by atoms with Crippen LogP contribution in [0.4, 0.5) is 13.2 Å². The molecule has 4 N–H and O–H groups in total. The first-order valence-corrected chi connectivity index (χ1v) is 13.1. The van der Waals surface area contributed by atoms with Crippen LogP contribution < -0.4 is 21.3 Å². The topological polar surface area (TPSA) is 73.1 Å². The SMILES string of the molecule is CC1CCC(CNC2NC(OCC(F)(F)F)NC(N3CCN(C4CCC(Cl)C(Cl)C4)CC3)N2)O1. The van der Waals surface area contributed by atoms with Crippen molar-refractivity contribution in [3.05, 3.63) is 0 Å². The van der Waals surface area contributed by atoms with Crippen molar-refractivity contribution in [3.63, 3.8) is 0 Å². The standard InChI is InChI=1S/C21H37Cl2F3N6O2/c1-13-2-4-15(34-13)11-27-18-28-19(30-20(29-18)33-12-21(24,25)26)32-8-6-31(7-9-32)14-3-5-16(22)17(23)10-14/h13-20,27-30H,2-12H2,1H3. The van der Waals surface area contributed by atoms with E-state index in [1.165, 1.54) is 0 Å². The number of nitrogens with one attached hydrogen (secondary N) is 4. The van der Waals surface area contributed by atoms with Gasteiger partial charge in [-0.2, -0.15) is 13.2 Å². The van der Waals surface area contributed by atoms with Crippen LogP contribution in [-0.4, -0.2) is 103 Å². The van der Waals surface area contributed by atoms with Crippen molar-refractivity contribution in [1.82, 2.24) is 31.1 Å². The maximum atomic E-state index is 12.8. The van der Waals surface area contributed by atoms with Gasteiger partial charge in [0.1, 0.15) is 19.2 Å². The summed E-state index contributed by atoms with van der Waals surface area (Å²) in [5.74, 6) is 0. The molecule has 0 aromatic rings. The van der Waals surface area contributed by atoms with Crippen LogP contribution in [0.15, 0.2) is 0 Å². The molecule has 4 aliphatic rings. The largest absolute Gasteiger partial charge is 0.411 e. The summed E-state index contributed by atoms with van der Waals surface area (Å²) < 4.78 is 49.2. The molecule has 198 valence electrons. The molecular formula is C21H37Cl2F3N6O2. The molecule has 3 saturated heterocycles. The lowest BCUT2D eigenvalue weighted by Crippen LogP contribution is -2.76. The number of alkyl halides is 5. The van der Waals surface area contributed by atoms with Crippen molar-refractivity contribution in [2.75, 3.05) is 39.3 Å². The summed E-state index contributed by atoms with van der Waals surface area (Å²) >= 11 is 12.7. The Morgan fingerprint density at radius 1 is 0.971 bits per heavy atom. The second-order valence-corrected chi connectivity index (χ2v) is 10.9. The van der Waals surface area contributed by atoms with E-state index in [1.54, 1.807) is 0 Å². The zero-order valence-electron chi connectivity index (χ0n) is 19.5. The van der Waals surface area contributed by atoms with Crippen LogP contribution in [0.3, 0.4) is 0 Å². The number of piperazine rings is 1. The smallest absolute Gasteiger partial charge is 0.374 e. The maximum absolute atomic E-state index is 12.8. The third kappa shape index (κ3) is 7.77. The van der Waals surface area contributed by atoms with Gasteiger partial charge in [0.25, 0.3) is 0 Å². The van der Waals surface area contributed by atoms with Gasteiger partial charge in [-0.15, -0.1) is 23.2 Å². The first kappa shape index (κ1) is 27.1. The van der Waals surface area contributed by atoms with Gasteiger partial charge in [-0.3, -0.25) is 31.1 Å². The monoisotopic (exact) mass is 532 g/mol. The zero-order valence-corrected chi connectivity index (χ0v) is 21.0. The number of ether oxygens (including phenoxy) is 2. The molecule has 34 heavy (non-hydrogen) atoms. The fourth-order valence-electron chi connectivity index (χ4n) is 5.23. The van der Waals surface area contributed by atoms with E-state index in [0.29, 0.717) is 12.6 Å². The van der Waals surface area contributed by atoms with Crippen molar-refractivity contribution < 1.29 is 22.6 Å². The van der Waals surface area contributed by atoms with Gasteiger partial charge in [0.05, 0.1) is 23.0 Å². The van der Waals surface area contributed by atoms with Gasteiger partial charge in [-0.25, -0.2) is 0 Å². The lowest BCUT2D eigenvalue weighted by atomic mass is 9.93. The normalized spacial score (nSPS) is 41.1. The molecule has 1 saturated carbocycles. The molecule has 0 aromatic heterocycles. The summed E-state index contributed by atoms with van der Waals surface area (Å²) in [7, 11) is 0. The highest BCUT2D eigenvalue weighted by molar-refractivity contribution is 6.30. The summed E-state index contributed by atoms with van der Waals surface area (Å²) in [5.41, 5.74) is 0. The van der Waals surface area contributed by atoms with Crippen LogP contribution in [0.25, 0.3) is 0 Å². The fraction of sp³-hybridized carbons (Fsp3) is 1.00. The van der Waals surface area contributed by atoms with E-state index >= 15 is 0 Å². The first-order valence-electron chi connectivity index (χ1n) is 12.3. The van der Waals surface area contributed by atoms with Crippen molar-refractivity contribution >= 4 is 23.2 Å². The Kier molecular flexibility index (Phi) is 9.61. The Balaban J connectivity index is 1.29. The van der Waals surface area contributed by atoms with E-state index in [4.69, 9.17) is 32.7 Å². The lowest BCUT2D eigenvalue weighted by molar-refractivity contribution is -0.202. The third-order valence-corrected chi connectivity index (χ3v) is 8.26. The highest BCUT2D eigenvalue weighted by atomic mass is 35.5. The summed E-state index contributed by atoms with van der Waals surface area (Å²) in [6.07, 6.45) is -0.915. The molecule has 1 aliphatic carbocycles. The minimum absolute atomic E-state index is 0.00333. The van der Waals surface area contributed by atoms with Crippen molar-refractivity contribution in [2.24, 2.45) is 0 Å². The number of rotatable bonds is 7. The van der Waals surface area contributed by atoms with Crippen LogP contribution in [0.5, 0.6) is 0 Å². The second kappa shape index (κ2) is 12.1. The zero-order chi connectivity index (χ0) is 24.3. The van der Waals surface area contributed by atoms with Gasteiger partial charge in [-0.05, 0) is 39.0 Å². The Labute approximate surface area is 209 Å². The van der Waals surface area contributed by atoms with Crippen molar-refractivity contribution in [2.45, 2.75) is 93.1 Å². The summed E-state index contributed by atoms with van der Waals surface area (Å²) in [6.45, 7) is 4.62. The molecule has 0 bridgehead atoms. The van der Waals surface area contributed by atoms with Crippen LogP contribution >= 0.6 is 23.2 Å². The first-order chi connectivity index (χ1) is 16.2. The van der Waals surface area contributed by atoms with Crippen LogP contribution in [0.2, 0.25) is 0 Å². The second-order valence-electron chi connectivity index (χ2n) is 9.77. The average molecular weight is 533 g/mol. The number of halogens is 5. The molecular weight excluding hydrogens is 496 g/mol. The van der Waals surface area contributed by atoms with Gasteiger partial charge >= 0.3 is 6.18 Å². The molecule has 0 radical (unpaired) electrons. The van der Waals surface area contributed by atoms with E-state index in [9.17, 15) is 13.2 Å². The minimum Gasteiger partial charge on any atom is -0.374 e. The maximum Gasteiger partial charge on any atom is 0.411 e. The molecule has 0 spiro atoms. The fourth-order valence-corrected chi connectivity index (χ4v) is 5.80. The molecule has 0 aromatic carbocycles. The van der Waals surface area contributed by atoms with E-state index in [0.717, 1.165) is 58.3 Å². The molecule has 3 aliphatic heterocycles. The lowest BCUT2D eigenvalue weighted by Gasteiger charge is -2.48. The van der Waals surface area contributed by atoms with Crippen LogP contribution in [-0.2, 0) is 9.47 Å². The molecule has 0 amide bonds. The summed E-state index contributed by atoms with van der Waals surface area (Å²) in [5, 5.41) is 12.9. The molecule has 4 rings (SSSR count). The van der Waals surface area contributed by atoms with Gasteiger partial charge in [0.15, 0.2) is 6.35 Å². The molecule has 3 heterocycles. The molecule has 8 nitrogen and oxygen atoms in total. The third-order valence-electron chi connectivity index (χ3n) is 7.13. The Morgan fingerprint density at radius 2 is 1.71 bits per heavy atom. The number of hydrogen-bond donors (Lipinski definition) is 4. The summed E-state index contributed by atoms with van der Waals surface area (Å²) in [4.78, 5) is 4.66. The minimum atomic E-state index is -4.39. The van der Waals surface area contributed by atoms with E-state index in [1.807, 2.05) is 6.92 Å². The average Bonchev–Trinajstić information content (AvgIpc) is 3.23. The number of hydrogen-bond acceptors (Lipinski definition) is 8. The van der Waals surface area contributed by atoms with Gasteiger partial charge in [0, 0.05) is 38.8 Å². The molecule has 8 atom stereocenters. The molecule has 4 fully saturated rings. The predicted molar refractivity (Wildman–Crippen MR) is 124 cm³/mol. The Morgan fingerprint density at radius 3 is 2.35 bits per heavy atom. The predicted octanol–water partition coefficient (Wildman–Crippen LogP) is 1.74. The summed E-state index contributed by atoms with van der Waals surface area (Å²) in [6, 6.07) is 0.430. The van der Waals surface area contributed by atoms with E-state index in [2.05, 4.69) is 31.1 Å². The van der Waals surface area contributed by atoms with E-state index < -0.39 is 25.4 Å². The van der Waals surface area contributed by atoms with E-state index in [-0.39, 0.29) is 29.3 Å².